The maximum atomic E-state index is 12.3. The molecule has 2 N–H and O–H groups in total. The fourth-order valence-electron chi connectivity index (χ4n) is 3.10. The van der Waals surface area contributed by atoms with Gasteiger partial charge in [-0.2, -0.15) is 0 Å². The number of carbonyl (C=O) groups excluding carboxylic acids is 1. The fraction of sp³-hybridized carbons (Fsp3) is 0.227. The van der Waals surface area contributed by atoms with Crippen LogP contribution in [0.25, 0.3) is 10.8 Å². The van der Waals surface area contributed by atoms with Crippen molar-refractivity contribution in [2.45, 2.75) is 25.9 Å². The normalized spacial score (nSPS) is 13.4. The Morgan fingerprint density at radius 3 is 2.32 bits per heavy atom. The third-order valence-corrected chi connectivity index (χ3v) is 4.54. The molecule has 3 rings (SSSR count). The van der Waals surface area contributed by atoms with E-state index in [1.807, 2.05) is 49.4 Å². The summed E-state index contributed by atoms with van der Waals surface area (Å²) in [6.45, 7) is 4.39. The Hall–Kier alpha value is -2.65. The number of nitrogens with one attached hydrogen (secondary N) is 2. The van der Waals surface area contributed by atoms with Crippen molar-refractivity contribution in [3.63, 3.8) is 0 Å². The Balaban J connectivity index is 1.60. The summed E-state index contributed by atoms with van der Waals surface area (Å²) in [6.07, 6.45) is 0. The maximum absolute atomic E-state index is 12.3. The molecule has 0 bridgehead atoms. The minimum atomic E-state index is 0.00311. The molecule has 0 aliphatic rings. The lowest BCUT2D eigenvalue weighted by molar-refractivity contribution is -0.121. The molecule has 0 spiro atoms. The van der Waals surface area contributed by atoms with Crippen LogP contribution in [0.2, 0.25) is 0 Å². The SMILES string of the molecule is C[C@H](NC(=O)CN[C@@H](C)c1cccc2ccccc12)c1ccccc1. The van der Waals surface area contributed by atoms with Gasteiger partial charge < -0.3 is 10.6 Å². The van der Waals surface area contributed by atoms with E-state index in [-0.39, 0.29) is 18.0 Å². The van der Waals surface area contributed by atoms with Gasteiger partial charge in [-0.05, 0) is 35.7 Å². The van der Waals surface area contributed by atoms with Crippen LogP contribution in [0.1, 0.15) is 37.1 Å². The highest BCUT2D eigenvalue weighted by atomic mass is 16.1. The monoisotopic (exact) mass is 332 g/mol. The first-order valence-corrected chi connectivity index (χ1v) is 8.70. The standard InChI is InChI=1S/C22H24N2O/c1-16(18-9-4-3-5-10-18)24-22(25)15-23-17(2)20-14-8-12-19-11-6-7-13-21(19)20/h3-14,16-17,23H,15H2,1-2H3,(H,24,25)/t16-,17-/m0/s1. The van der Waals surface area contributed by atoms with Gasteiger partial charge in [0.15, 0.2) is 0 Å². The van der Waals surface area contributed by atoms with Crippen molar-refractivity contribution in [1.29, 1.82) is 0 Å². The first-order valence-electron chi connectivity index (χ1n) is 8.70. The zero-order valence-electron chi connectivity index (χ0n) is 14.7. The molecule has 0 aliphatic carbocycles. The molecule has 1 amide bonds. The minimum Gasteiger partial charge on any atom is -0.348 e. The smallest absolute Gasteiger partial charge is 0.234 e. The van der Waals surface area contributed by atoms with E-state index in [4.69, 9.17) is 0 Å². The number of rotatable bonds is 6. The molecule has 128 valence electrons. The average molecular weight is 332 g/mol. The van der Waals surface area contributed by atoms with Gasteiger partial charge in [0.1, 0.15) is 0 Å². The van der Waals surface area contributed by atoms with E-state index in [2.05, 4.69) is 47.9 Å². The zero-order chi connectivity index (χ0) is 17.6. The van der Waals surface area contributed by atoms with Crippen LogP contribution in [0, 0.1) is 0 Å². The number of amides is 1. The highest BCUT2D eigenvalue weighted by Crippen LogP contribution is 2.23. The molecule has 25 heavy (non-hydrogen) atoms. The molecular weight excluding hydrogens is 308 g/mol. The van der Waals surface area contributed by atoms with Crippen molar-refractivity contribution in [3.8, 4) is 0 Å². The van der Waals surface area contributed by atoms with Gasteiger partial charge in [0.25, 0.3) is 0 Å². The van der Waals surface area contributed by atoms with E-state index in [0.717, 1.165) is 5.56 Å². The molecule has 0 heterocycles. The maximum Gasteiger partial charge on any atom is 0.234 e. The molecule has 0 saturated carbocycles. The summed E-state index contributed by atoms with van der Waals surface area (Å²) < 4.78 is 0. The van der Waals surface area contributed by atoms with Crippen LogP contribution < -0.4 is 10.6 Å². The van der Waals surface area contributed by atoms with Crippen LogP contribution >= 0.6 is 0 Å². The molecule has 0 unspecified atom stereocenters. The molecule has 0 fully saturated rings. The second-order valence-corrected chi connectivity index (χ2v) is 6.37. The van der Waals surface area contributed by atoms with Crippen LogP contribution in [-0.4, -0.2) is 12.5 Å². The van der Waals surface area contributed by atoms with Gasteiger partial charge in [-0.3, -0.25) is 4.79 Å². The average Bonchev–Trinajstić information content (AvgIpc) is 2.66. The lowest BCUT2D eigenvalue weighted by Crippen LogP contribution is -2.36. The van der Waals surface area contributed by atoms with Crippen molar-refractivity contribution < 1.29 is 4.79 Å². The topological polar surface area (TPSA) is 41.1 Å². The summed E-state index contributed by atoms with van der Waals surface area (Å²) in [5.41, 5.74) is 2.32. The Morgan fingerprint density at radius 2 is 1.52 bits per heavy atom. The van der Waals surface area contributed by atoms with E-state index in [1.165, 1.54) is 16.3 Å². The molecule has 2 atom stereocenters. The summed E-state index contributed by atoms with van der Waals surface area (Å²) in [5, 5.41) is 8.82. The van der Waals surface area contributed by atoms with Crippen LogP contribution in [-0.2, 0) is 4.79 Å². The second kappa shape index (κ2) is 7.95. The molecule has 3 aromatic rings. The number of benzene rings is 3. The molecule has 0 aliphatic heterocycles. The third-order valence-electron chi connectivity index (χ3n) is 4.54. The van der Waals surface area contributed by atoms with E-state index in [1.54, 1.807) is 0 Å². The van der Waals surface area contributed by atoms with E-state index in [9.17, 15) is 4.79 Å². The Labute approximate surface area is 149 Å². The van der Waals surface area contributed by atoms with E-state index in [0.29, 0.717) is 6.54 Å². The van der Waals surface area contributed by atoms with Crippen molar-refractivity contribution in [2.75, 3.05) is 6.54 Å². The van der Waals surface area contributed by atoms with Gasteiger partial charge in [0.2, 0.25) is 5.91 Å². The predicted octanol–water partition coefficient (Wildman–Crippen LogP) is 4.37. The van der Waals surface area contributed by atoms with Gasteiger partial charge in [0, 0.05) is 6.04 Å². The van der Waals surface area contributed by atoms with Gasteiger partial charge in [0.05, 0.1) is 12.6 Å². The minimum absolute atomic E-state index is 0.00311. The van der Waals surface area contributed by atoms with Gasteiger partial charge in [-0.15, -0.1) is 0 Å². The number of carbonyl (C=O) groups is 1. The first kappa shape index (κ1) is 17.2. The molecule has 3 nitrogen and oxygen atoms in total. The summed E-state index contributed by atoms with van der Waals surface area (Å²) in [7, 11) is 0. The molecule has 3 aromatic carbocycles. The number of fused-ring (bicyclic) bond motifs is 1. The van der Waals surface area contributed by atoms with E-state index >= 15 is 0 Å². The van der Waals surface area contributed by atoms with Crippen LogP contribution in [0.15, 0.2) is 72.8 Å². The van der Waals surface area contributed by atoms with Gasteiger partial charge >= 0.3 is 0 Å². The fourth-order valence-corrected chi connectivity index (χ4v) is 3.10. The lowest BCUT2D eigenvalue weighted by Gasteiger charge is -2.18. The van der Waals surface area contributed by atoms with Gasteiger partial charge in [-0.25, -0.2) is 0 Å². The summed E-state index contributed by atoms with van der Waals surface area (Å²) in [5.74, 6) is 0.00318. The van der Waals surface area contributed by atoms with Gasteiger partial charge in [-0.1, -0.05) is 72.8 Å². The number of hydrogen-bond donors (Lipinski definition) is 2. The first-order chi connectivity index (χ1) is 12.1. The lowest BCUT2D eigenvalue weighted by atomic mass is 10.00. The molecule has 0 aromatic heterocycles. The van der Waals surface area contributed by atoms with Crippen molar-refractivity contribution in [2.24, 2.45) is 0 Å². The third kappa shape index (κ3) is 4.25. The Bertz CT molecular complexity index is 840. The van der Waals surface area contributed by atoms with E-state index < -0.39 is 0 Å². The second-order valence-electron chi connectivity index (χ2n) is 6.37. The summed E-state index contributed by atoms with van der Waals surface area (Å²) in [6, 6.07) is 24.7. The molecule has 0 saturated heterocycles. The summed E-state index contributed by atoms with van der Waals surface area (Å²) in [4.78, 5) is 12.3. The zero-order valence-corrected chi connectivity index (χ0v) is 14.7. The Morgan fingerprint density at radius 1 is 0.840 bits per heavy atom. The van der Waals surface area contributed by atoms with Crippen LogP contribution in [0.5, 0.6) is 0 Å². The molecular formula is C22H24N2O. The predicted molar refractivity (Wildman–Crippen MR) is 103 cm³/mol. The van der Waals surface area contributed by atoms with Crippen molar-refractivity contribution in [1.82, 2.24) is 10.6 Å². The van der Waals surface area contributed by atoms with Crippen LogP contribution in [0.4, 0.5) is 0 Å². The molecule has 3 heteroatoms. The summed E-state index contributed by atoms with van der Waals surface area (Å²) >= 11 is 0. The highest BCUT2D eigenvalue weighted by Gasteiger charge is 2.12. The van der Waals surface area contributed by atoms with Crippen molar-refractivity contribution >= 4 is 16.7 Å². The van der Waals surface area contributed by atoms with Crippen molar-refractivity contribution in [3.05, 3.63) is 83.9 Å². The molecule has 0 radical (unpaired) electrons. The Kier molecular flexibility index (Phi) is 5.46. The highest BCUT2D eigenvalue weighted by molar-refractivity contribution is 5.86. The number of hydrogen-bond acceptors (Lipinski definition) is 2. The van der Waals surface area contributed by atoms with Crippen LogP contribution in [0.3, 0.4) is 0 Å². The largest absolute Gasteiger partial charge is 0.348 e. The quantitative estimate of drug-likeness (QED) is 0.704.